The Morgan fingerprint density at radius 2 is 1.72 bits per heavy atom. The van der Waals surface area contributed by atoms with Crippen molar-refractivity contribution in [2.24, 2.45) is 0 Å². The molecule has 0 heterocycles. The second kappa shape index (κ2) is 8.49. The molecule has 0 radical (unpaired) electrons. The summed E-state index contributed by atoms with van der Waals surface area (Å²) in [7, 11) is -4.51. The summed E-state index contributed by atoms with van der Waals surface area (Å²) >= 11 is 1.00. The van der Waals surface area contributed by atoms with Crippen LogP contribution in [0.15, 0.2) is 41.3 Å². The average molecular weight is 538 g/mol. The number of alkyl halides is 4. The molecule has 1 N–H and O–H groups in total. The van der Waals surface area contributed by atoms with E-state index in [0.29, 0.717) is 11.1 Å². The second-order valence-electron chi connectivity index (χ2n) is 6.56. The first-order chi connectivity index (χ1) is 13.3. The normalized spacial score (nSPS) is 14.1. The molecule has 2 rings (SSSR count). The highest BCUT2D eigenvalue weighted by molar-refractivity contribution is 14.1. The van der Waals surface area contributed by atoms with E-state index in [-0.39, 0.29) is 16.2 Å². The van der Waals surface area contributed by atoms with Crippen LogP contribution in [0.4, 0.5) is 13.2 Å². The quantitative estimate of drug-likeness (QED) is 0.333. The molecule has 2 aromatic carbocycles. The van der Waals surface area contributed by atoms with Crippen LogP contribution in [0, 0.1) is 32.1 Å². The number of ether oxygens (including phenoxy) is 1. The van der Waals surface area contributed by atoms with Crippen molar-refractivity contribution < 1.29 is 26.3 Å². The second-order valence-corrected chi connectivity index (χ2v) is 10.0. The molecule has 0 spiro atoms. The molecule has 0 aliphatic heterocycles. The van der Waals surface area contributed by atoms with Crippen molar-refractivity contribution in [3.8, 4) is 11.8 Å². The number of hydrogen-bond donors (Lipinski definition) is 1. The standard InChI is InChI=1S/C19H18F3IN2O3S/c1-12-7-13(2)17(14(3)8-12)29(26,27)25-18(23,19(20,21)22)11-28-16-6-4-5-15(9-16)10-24/h4-9,25H,11H2,1-3H3. The first-order valence-corrected chi connectivity index (χ1v) is 10.9. The summed E-state index contributed by atoms with van der Waals surface area (Å²) in [5.41, 5.74) is 1.70. The lowest BCUT2D eigenvalue weighted by atomic mass is 10.1. The number of halogens is 4. The monoisotopic (exact) mass is 538 g/mol. The van der Waals surface area contributed by atoms with E-state index < -0.39 is 26.4 Å². The fraction of sp³-hybridized carbons (Fsp3) is 0.316. The van der Waals surface area contributed by atoms with Gasteiger partial charge >= 0.3 is 6.18 Å². The fourth-order valence-electron chi connectivity index (χ4n) is 2.86. The van der Waals surface area contributed by atoms with Gasteiger partial charge in [-0.15, -0.1) is 0 Å². The van der Waals surface area contributed by atoms with Crippen LogP contribution in [0.5, 0.6) is 5.75 Å². The van der Waals surface area contributed by atoms with Crippen LogP contribution < -0.4 is 9.46 Å². The highest BCUT2D eigenvalue weighted by Gasteiger charge is 2.56. The van der Waals surface area contributed by atoms with E-state index in [1.165, 1.54) is 38.1 Å². The van der Waals surface area contributed by atoms with Crippen LogP contribution in [0.1, 0.15) is 22.3 Å². The van der Waals surface area contributed by atoms with Gasteiger partial charge in [-0.05, 0) is 72.7 Å². The molecular weight excluding hydrogens is 520 g/mol. The molecule has 2 aromatic rings. The Kier molecular flexibility index (Phi) is 6.86. The van der Waals surface area contributed by atoms with E-state index in [2.05, 4.69) is 0 Å². The fourth-order valence-corrected chi connectivity index (χ4v) is 5.56. The molecule has 1 unspecified atom stereocenters. The number of sulfonamides is 1. The van der Waals surface area contributed by atoms with Gasteiger partial charge in [-0.1, -0.05) is 23.8 Å². The van der Waals surface area contributed by atoms with Crippen LogP contribution in [-0.2, 0) is 10.0 Å². The molecule has 1 atom stereocenters. The predicted molar refractivity (Wildman–Crippen MR) is 110 cm³/mol. The van der Waals surface area contributed by atoms with Gasteiger partial charge in [-0.25, -0.2) is 8.42 Å². The summed E-state index contributed by atoms with van der Waals surface area (Å²) in [6.45, 7) is 3.81. The minimum atomic E-state index is -4.94. The van der Waals surface area contributed by atoms with Crippen LogP contribution in [0.3, 0.4) is 0 Å². The third-order valence-electron chi connectivity index (χ3n) is 4.02. The van der Waals surface area contributed by atoms with Crippen molar-refractivity contribution in [1.29, 1.82) is 5.26 Å². The molecule has 156 valence electrons. The first kappa shape index (κ1) is 23.4. The SMILES string of the molecule is Cc1cc(C)c(S(=O)(=O)NC(I)(COc2cccc(C#N)c2)C(F)(F)F)c(C)c1. The lowest BCUT2D eigenvalue weighted by Crippen LogP contribution is -2.57. The Bertz CT molecular complexity index is 1040. The summed E-state index contributed by atoms with van der Waals surface area (Å²) in [5, 5.41) is 8.89. The number of benzene rings is 2. The van der Waals surface area contributed by atoms with Crippen LogP contribution in [0.2, 0.25) is 0 Å². The lowest BCUT2D eigenvalue weighted by Gasteiger charge is -2.31. The number of nitriles is 1. The van der Waals surface area contributed by atoms with Crippen molar-refractivity contribution in [2.75, 3.05) is 6.61 Å². The van der Waals surface area contributed by atoms with Crippen LogP contribution in [0.25, 0.3) is 0 Å². The summed E-state index contributed by atoms with van der Waals surface area (Å²) in [5.74, 6) is 0.0243. The maximum atomic E-state index is 13.8. The molecule has 10 heteroatoms. The molecule has 0 aliphatic rings. The first-order valence-electron chi connectivity index (χ1n) is 8.29. The van der Waals surface area contributed by atoms with E-state index in [1.807, 2.05) is 6.07 Å². The van der Waals surface area contributed by atoms with E-state index in [9.17, 15) is 21.6 Å². The van der Waals surface area contributed by atoms with Gasteiger partial charge in [0.05, 0.1) is 16.5 Å². The van der Waals surface area contributed by atoms with Crippen LogP contribution in [-0.4, -0.2) is 24.7 Å². The molecule has 0 bridgehead atoms. The molecule has 0 fully saturated rings. The minimum absolute atomic E-state index is 0.0243. The maximum Gasteiger partial charge on any atom is 0.420 e. The Labute approximate surface area is 181 Å². The molecule has 5 nitrogen and oxygen atoms in total. The highest BCUT2D eigenvalue weighted by Crippen LogP contribution is 2.38. The van der Waals surface area contributed by atoms with Gasteiger partial charge in [-0.2, -0.15) is 23.2 Å². The van der Waals surface area contributed by atoms with Crippen molar-refractivity contribution >= 4 is 32.6 Å². The Balaban J connectivity index is 2.38. The molecule has 0 saturated heterocycles. The molecular formula is C19H18F3IN2O3S. The summed E-state index contributed by atoms with van der Waals surface area (Å²) < 4.78 is 71.1. The lowest BCUT2D eigenvalue weighted by molar-refractivity contribution is -0.163. The smallest absolute Gasteiger partial charge is 0.420 e. The highest BCUT2D eigenvalue weighted by atomic mass is 127. The van der Waals surface area contributed by atoms with Gasteiger partial charge in [-0.3, -0.25) is 0 Å². The zero-order valence-electron chi connectivity index (χ0n) is 15.8. The molecule has 29 heavy (non-hydrogen) atoms. The van der Waals surface area contributed by atoms with Gasteiger partial charge in [0, 0.05) is 0 Å². The third-order valence-corrected chi connectivity index (χ3v) is 7.38. The summed E-state index contributed by atoms with van der Waals surface area (Å²) in [6.07, 6.45) is -4.94. The number of nitrogens with zero attached hydrogens (tertiary/aromatic N) is 1. The average Bonchev–Trinajstić information content (AvgIpc) is 2.57. The van der Waals surface area contributed by atoms with Gasteiger partial charge in [0.1, 0.15) is 12.4 Å². The van der Waals surface area contributed by atoms with Gasteiger partial charge in [0.2, 0.25) is 13.6 Å². The molecule has 0 aromatic heterocycles. The van der Waals surface area contributed by atoms with Gasteiger partial charge in [0.25, 0.3) is 0 Å². The maximum absolute atomic E-state index is 13.8. The number of aryl methyl sites for hydroxylation is 3. The molecule has 0 aliphatic carbocycles. The number of rotatable bonds is 6. The molecule has 0 amide bonds. The van der Waals surface area contributed by atoms with E-state index in [0.717, 1.165) is 28.2 Å². The Morgan fingerprint density at radius 3 is 2.24 bits per heavy atom. The van der Waals surface area contributed by atoms with Crippen molar-refractivity contribution in [1.82, 2.24) is 4.72 Å². The van der Waals surface area contributed by atoms with Crippen LogP contribution >= 0.6 is 22.6 Å². The Hall–Kier alpha value is -1.84. The topological polar surface area (TPSA) is 79.2 Å². The minimum Gasteiger partial charge on any atom is -0.490 e. The molecule has 0 saturated carbocycles. The zero-order chi connectivity index (χ0) is 22.0. The van der Waals surface area contributed by atoms with Crippen molar-refractivity contribution in [3.05, 3.63) is 58.7 Å². The summed E-state index contributed by atoms with van der Waals surface area (Å²) in [6, 6.07) is 10.6. The van der Waals surface area contributed by atoms with E-state index in [4.69, 9.17) is 10.00 Å². The van der Waals surface area contributed by atoms with E-state index >= 15 is 0 Å². The largest absolute Gasteiger partial charge is 0.490 e. The number of hydrogen-bond acceptors (Lipinski definition) is 4. The predicted octanol–water partition coefficient (Wildman–Crippen LogP) is 4.53. The number of nitrogens with one attached hydrogen (secondary N) is 1. The van der Waals surface area contributed by atoms with Gasteiger partial charge < -0.3 is 4.74 Å². The zero-order valence-corrected chi connectivity index (χ0v) is 18.7. The van der Waals surface area contributed by atoms with E-state index in [1.54, 1.807) is 23.8 Å². The third kappa shape index (κ3) is 5.40. The van der Waals surface area contributed by atoms with Gasteiger partial charge in [0.15, 0.2) is 0 Å². The van der Waals surface area contributed by atoms with Crippen molar-refractivity contribution in [2.45, 2.75) is 35.4 Å². The van der Waals surface area contributed by atoms with Crippen molar-refractivity contribution in [3.63, 3.8) is 0 Å². The Morgan fingerprint density at radius 1 is 1.14 bits per heavy atom. The summed E-state index contributed by atoms with van der Waals surface area (Å²) in [4.78, 5) is -0.195.